The smallest absolute Gasteiger partial charge is 0.317 e. The first-order valence-corrected chi connectivity index (χ1v) is 9.58. The van der Waals surface area contributed by atoms with Crippen LogP contribution in [0.4, 0.5) is 0 Å². The SMILES string of the molecule is CN(C)CCC(OC(=O)C1(c2ccccc2)CCCC1)c1ccccc1. The van der Waals surface area contributed by atoms with E-state index < -0.39 is 5.41 Å². The van der Waals surface area contributed by atoms with Crippen LogP contribution < -0.4 is 0 Å². The van der Waals surface area contributed by atoms with Crippen molar-refractivity contribution in [3.05, 3.63) is 71.8 Å². The number of nitrogens with zero attached hydrogens (tertiary/aromatic N) is 1. The fourth-order valence-electron chi connectivity index (χ4n) is 3.93. The van der Waals surface area contributed by atoms with E-state index >= 15 is 0 Å². The summed E-state index contributed by atoms with van der Waals surface area (Å²) in [6.45, 7) is 0.880. The van der Waals surface area contributed by atoms with Gasteiger partial charge in [-0.2, -0.15) is 0 Å². The molecule has 0 saturated heterocycles. The number of hydrogen-bond donors (Lipinski definition) is 0. The Morgan fingerprint density at radius 3 is 2.15 bits per heavy atom. The molecule has 138 valence electrons. The molecule has 0 amide bonds. The van der Waals surface area contributed by atoms with E-state index in [1.165, 1.54) is 0 Å². The maximum absolute atomic E-state index is 13.4. The van der Waals surface area contributed by atoms with Crippen molar-refractivity contribution in [1.82, 2.24) is 4.90 Å². The van der Waals surface area contributed by atoms with Crippen LogP contribution in [0.3, 0.4) is 0 Å². The van der Waals surface area contributed by atoms with E-state index in [1.54, 1.807) is 0 Å². The molecule has 0 bridgehead atoms. The van der Waals surface area contributed by atoms with E-state index in [2.05, 4.69) is 29.2 Å². The van der Waals surface area contributed by atoms with Crippen molar-refractivity contribution in [3.8, 4) is 0 Å². The second-order valence-electron chi connectivity index (χ2n) is 7.55. The molecule has 1 unspecified atom stereocenters. The highest BCUT2D eigenvalue weighted by molar-refractivity contribution is 5.84. The van der Waals surface area contributed by atoms with Gasteiger partial charge in [-0.3, -0.25) is 4.79 Å². The van der Waals surface area contributed by atoms with Crippen molar-refractivity contribution in [3.63, 3.8) is 0 Å². The van der Waals surface area contributed by atoms with Crippen LogP contribution in [0.15, 0.2) is 60.7 Å². The van der Waals surface area contributed by atoms with Crippen LogP contribution in [0.1, 0.15) is 49.3 Å². The number of rotatable bonds is 7. The van der Waals surface area contributed by atoms with Crippen LogP contribution in [0.5, 0.6) is 0 Å². The lowest BCUT2D eigenvalue weighted by atomic mass is 9.79. The van der Waals surface area contributed by atoms with Gasteiger partial charge < -0.3 is 9.64 Å². The van der Waals surface area contributed by atoms with Gasteiger partial charge >= 0.3 is 5.97 Å². The van der Waals surface area contributed by atoms with Crippen LogP contribution in [0, 0.1) is 0 Å². The molecular formula is C23H29NO2. The van der Waals surface area contributed by atoms with Gasteiger partial charge in [0.05, 0.1) is 5.41 Å². The zero-order valence-corrected chi connectivity index (χ0v) is 15.9. The van der Waals surface area contributed by atoms with Gasteiger partial charge in [-0.15, -0.1) is 0 Å². The second kappa shape index (κ2) is 8.50. The predicted molar refractivity (Wildman–Crippen MR) is 105 cm³/mol. The third-order valence-electron chi connectivity index (χ3n) is 5.43. The fraction of sp³-hybridized carbons (Fsp3) is 0.435. The van der Waals surface area contributed by atoms with Gasteiger partial charge in [0.15, 0.2) is 0 Å². The third-order valence-corrected chi connectivity index (χ3v) is 5.43. The Labute approximate surface area is 157 Å². The monoisotopic (exact) mass is 351 g/mol. The van der Waals surface area contributed by atoms with Crippen molar-refractivity contribution in [2.45, 2.75) is 43.6 Å². The molecule has 3 heteroatoms. The van der Waals surface area contributed by atoms with Crippen molar-refractivity contribution >= 4 is 5.97 Å². The highest BCUT2D eigenvalue weighted by Gasteiger charge is 2.44. The van der Waals surface area contributed by atoms with Gasteiger partial charge in [-0.1, -0.05) is 73.5 Å². The van der Waals surface area contributed by atoms with Gasteiger partial charge in [-0.05, 0) is 38.1 Å². The zero-order chi connectivity index (χ0) is 18.4. The number of benzene rings is 2. The van der Waals surface area contributed by atoms with Gasteiger partial charge in [-0.25, -0.2) is 0 Å². The highest BCUT2D eigenvalue weighted by atomic mass is 16.5. The maximum atomic E-state index is 13.4. The summed E-state index contributed by atoms with van der Waals surface area (Å²) in [5.74, 6) is -0.0613. The second-order valence-corrected chi connectivity index (χ2v) is 7.55. The predicted octanol–water partition coefficient (Wildman–Crippen LogP) is 4.73. The standard InChI is InChI=1S/C23H29NO2/c1-24(2)18-15-21(19-11-5-3-6-12-19)26-22(25)23(16-9-10-17-23)20-13-7-4-8-14-20/h3-8,11-14,21H,9-10,15-18H2,1-2H3. The van der Waals surface area contributed by atoms with Crippen molar-refractivity contribution in [2.24, 2.45) is 0 Å². The Morgan fingerprint density at radius 1 is 1.00 bits per heavy atom. The maximum Gasteiger partial charge on any atom is 0.317 e. The summed E-state index contributed by atoms with van der Waals surface area (Å²) in [5, 5.41) is 0. The topological polar surface area (TPSA) is 29.5 Å². The molecule has 2 aromatic rings. The molecule has 26 heavy (non-hydrogen) atoms. The number of hydrogen-bond acceptors (Lipinski definition) is 3. The van der Waals surface area contributed by atoms with Gasteiger partial charge in [0.1, 0.15) is 6.10 Å². The summed E-state index contributed by atoms with van der Waals surface area (Å²) in [4.78, 5) is 15.5. The lowest BCUT2D eigenvalue weighted by molar-refractivity contribution is -0.157. The molecular weight excluding hydrogens is 322 g/mol. The van der Waals surface area contributed by atoms with Crippen LogP contribution in [0.25, 0.3) is 0 Å². The Hall–Kier alpha value is -2.13. The lowest BCUT2D eigenvalue weighted by Gasteiger charge is -2.30. The minimum Gasteiger partial charge on any atom is -0.457 e. The first-order chi connectivity index (χ1) is 12.6. The van der Waals surface area contributed by atoms with E-state index in [0.717, 1.165) is 49.8 Å². The number of carbonyl (C=O) groups is 1. The van der Waals surface area contributed by atoms with Gasteiger partial charge in [0, 0.05) is 13.0 Å². The molecule has 0 heterocycles. The van der Waals surface area contributed by atoms with Crippen molar-refractivity contribution < 1.29 is 9.53 Å². The normalized spacial score (nSPS) is 17.2. The van der Waals surface area contributed by atoms with Gasteiger partial charge in [0.2, 0.25) is 0 Å². The van der Waals surface area contributed by atoms with Crippen LogP contribution >= 0.6 is 0 Å². The van der Waals surface area contributed by atoms with E-state index in [0.29, 0.717) is 0 Å². The minimum atomic E-state index is -0.480. The van der Waals surface area contributed by atoms with E-state index in [9.17, 15) is 4.79 Å². The molecule has 3 rings (SSSR count). The summed E-state index contributed by atoms with van der Waals surface area (Å²) < 4.78 is 6.16. The van der Waals surface area contributed by atoms with Gasteiger partial charge in [0.25, 0.3) is 0 Å². The average Bonchev–Trinajstić information content (AvgIpc) is 3.17. The average molecular weight is 351 g/mol. The Balaban J connectivity index is 1.83. The zero-order valence-electron chi connectivity index (χ0n) is 15.9. The summed E-state index contributed by atoms with van der Waals surface area (Å²) in [7, 11) is 4.10. The number of ether oxygens (including phenoxy) is 1. The summed E-state index contributed by atoms with van der Waals surface area (Å²) in [6.07, 6.45) is 4.52. The third kappa shape index (κ3) is 4.16. The molecule has 1 aliphatic rings. The minimum absolute atomic E-state index is 0.0613. The fourth-order valence-corrected chi connectivity index (χ4v) is 3.93. The molecule has 0 aliphatic heterocycles. The van der Waals surface area contributed by atoms with Crippen molar-refractivity contribution in [1.29, 1.82) is 0 Å². The molecule has 0 aromatic heterocycles. The van der Waals surface area contributed by atoms with Crippen LogP contribution in [-0.4, -0.2) is 31.5 Å². The quantitative estimate of drug-likeness (QED) is 0.675. The molecule has 1 fully saturated rings. The summed E-state index contributed by atoms with van der Waals surface area (Å²) in [5.41, 5.74) is 1.69. The molecule has 1 saturated carbocycles. The largest absolute Gasteiger partial charge is 0.457 e. The van der Waals surface area contributed by atoms with Crippen LogP contribution in [0.2, 0.25) is 0 Å². The lowest BCUT2D eigenvalue weighted by Crippen LogP contribution is -2.36. The Morgan fingerprint density at radius 2 is 1.58 bits per heavy atom. The van der Waals surface area contributed by atoms with E-state index in [1.807, 2.05) is 50.5 Å². The first kappa shape index (κ1) is 18.7. The molecule has 2 aromatic carbocycles. The molecule has 0 radical (unpaired) electrons. The number of esters is 1. The Bertz CT molecular complexity index is 691. The summed E-state index contributed by atoms with van der Waals surface area (Å²) in [6, 6.07) is 20.3. The van der Waals surface area contributed by atoms with E-state index in [-0.39, 0.29) is 12.1 Å². The van der Waals surface area contributed by atoms with Crippen LogP contribution in [-0.2, 0) is 14.9 Å². The summed E-state index contributed by atoms with van der Waals surface area (Å²) >= 11 is 0. The van der Waals surface area contributed by atoms with E-state index in [4.69, 9.17) is 4.74 Å². The molecule has 1 aliphatic carbocycles. The highest BCUT2D eigenvalue weighted by Crippen LogP contribution is 2.43. The molecule has 1 atom stereocenters. The first-order valence-electron chi connectivity index (χ1n) is 9.58. The molecule has 0 spiro atoms. The molecule has 0 N–H and O–H groups in total. The Kier molecular flexibility index (Phi) is 6.10. The molecule has 3 nitrogen and oxygen atoms in total. The number of carbonyl (C=O) groups excluding carboxylic acids is 1. The van der Waals surface area contributed by atoms with Crippen molar-refractivity contribution in [2.75, 3.05) is 20.6 Å².